The lowest BCUT2D eigenvalue weighted by atomic mass is 10.1. The fourth-order valence-electron chi connectivity index (χ4n) is 2.36. The highest BCUT2D eigenvalue weighted by Gasteiger charge is 2.16. The Morgan fingerprint density at radius 2 is 2.10 bits per heavy atom. The highest BCUT2D eigenvalue weighted by atomic mass is 19.3. The second-order valence-electron chi connectivity index (χ2n) is 4.90. The summed E-state index contributed by atoms with van der Waals surface area (Å²) in [5.41, 5.74) is 0. The Kier molecular flexibility index (Phi) is 5.46. The zero-order valence-corrected chi connectivity index (χ0v) is 11.4. The van der Waals surface area contributed by atoms with Crippen LogP contribution in [0.25, 0.3) is 0 Å². The SMILES string of the molecule is O=C(CCNCc1nccn1C(F)F)N1CCCCC1. The summed E-state index contributed by atoms with van der Waals surface area (Å²) in [4.78, 5) is 17.6. The van der Waals surface area contributed by atoms with Crippen LogP contribution in [0.5, 0.6) is 0 Å². The lowest BCUT2D eigenvalue weighted by Crippen LogP contribution is -2.37. The van der Waals surface area contributed by atoms with E-state index in [-0.39, 0.29) is 18.3 Å². The maximum absolute atomic E-state index is 12.6. The molecule has 0 aromatic carbocycles. The second-order valence-corrected chi connectivity index (χ2v) is 4.90. The van der Waals surface area contributed by atoms with Crippen LogP contribution in [0.15, 0.2) is 12.4 Å². The number of halogens is 2. The summed E-state index contributed by atoms with van der Waals surface area (Å²) in [6.45, 7) is -0.177. The van der Waals surface area contributed by atoms with Gasteiger partial charge in [0, 0.05) is 38.4 Å². The van der Waals surface area contributed by atoms with E-state index in [0.717, 1.165) is 30.5 Å². The van der Waals surface area contributed by atoms with Crippen LogP contribution in [-0.4, -0.2) is 40.0 Å². The molecule has 2 heterocycles. The molecule has 1 amide bonds. The van der Waals surface area contributed by atoms with E-state index in [9.17, 15) is 13.6 Å². The predicted molar refractivity (Wildman–Crippen MR) is 70.2 cm³/mol. The first-order chi connectivity index (χ1) is 9.68. The predicted octanol–water partition coefficient (Wildman–Crippen LogP) is 1.77. The van der Waals surface area contributed by atoms with Gasteiger partial charge in [-0.05, 0) is 19.3 Å². The lowest BCUT2D eigenvalue weighted by Gasteiger charge is -2.26. The van der Waals surface area contributed by atoms with Crippen molar-refractivity contribution in [3.8, 4) is 0 Å². The first kappa shape index (κ1) is 14.9. The molecular weight excluding hydrogens is 266 g/mol. The van der Waals surface area contributed by atoms with Crippen molar-refractivity contribution in [3.63, 3.8) is 0 Å². The smallest absolute Gasteiger partial charge is 0.319 e. The summed E-state index contributed by atoms with van der Waals surface area (Å²) in [7, 11) is 0. The largest absolute Gasteiger partial charge is 0.343 e. The van der Waals surface area contributed by atoms with E-state index >= 15 is 0 Å². The van der Waals surface area contributed by atoms with Gasteiger partial charge in [-0.15, -0.1) is 0 Å². The van der Waals surface area contributed by atoms with Crippen molar-refractivity contribution < 1.29 is 13.6 Å². The summed E-state index contributed by atoms with van der Waals surface area (Å²) in [5.74, 6) is 0.417. The molecule has 1 aliphatic rings. The average Bonchev–Trinajstić information content (AvgIpc) is 2.93. The highest BCUT2D eigenvalue weighted by Crippen LogP contribution is 2.12. The number of nitrogens with zero attached hydrogens (tertiary/aromatic N) is 3. The Balaban J connectivity index is 1.68. The number of carbonyl (C=O) groups excluding carboxylic acids is 1. The van der Waals surface area contributed by atoms with Gasteiger partial charge in [0.15, 0.2) is 0 Å². The van der Waals surface area contributed by atoms with Gasteiger partial charge in [-0.25, -0.2) is 4.98 Å². The maximum Gasteiger partial charge on any atom is 0.319 e. The van der Waals surface area contributed by atoms with E-state index in [4.69, 9.17) is 0 Å². The molecule has 20 heavy (non-hydrogen) atoms. The van der Waals surface area contributed by atoms with Gasteiger partial charge in [0.05, 0.1) is 6.54 Å². The minimum Gasteiger partial charge on any atom is -0.343 e. The van der Waals surface area contributed by atoms with Gasteiger partial charge in [-0.1, -0.05) is 0 Å². The Morgan fingerprint density at radius 3 is 2.80 bits per heavy atom. The Bertz CT molecular complexity index is 430. The third-order valence-electron chi connectivity index (χ3n) is 3.47. The van der Waals surface area contributed by atoms with Crippen LogP contribution in [0.2, 0.25) is 0 Å². The summed E-state index contributed by atoms with van der Waals surface area (Å²) in [6, 6.07) is 0. The Morgan fingerprint density at radius 1 is 1.35 bits per heavy atom. The molecule has 0 atom stereocenters. The van der Waals surface area contributed by atoms with Crippen molar-refractivity contribution in [1.82, 2.24) is 19.8 Å². The van der Waals surface area contributed by atoms with Crippen LogP contribution < -0.4 is 5.32 Å². The average molecular weight is 286 g/mol. The van der Waals surface area contributed by atoms with Crippen molar-refractivity contribution in [2.45, 2.75) is 38.8 Å². The molecule has 1 aromatic rings. The lowest BCUT2D eigenvalue weighted by molar-refractivity contribution is -0.131. The number of rotatable bonds is 6. The van der Waals surface area contributed by atoms with Crippen molar-refractivity contribution in [2.24, 2.45) is 0 Å². The van der Waals surface area contributed by atoms with Crippen LogP contribution in [0.4, 0.5) is 8.78 Å². The molecule has 0 aliphatic carbocycles. The molecule has 1 saturated heterocycles. The van der Waals surface area contributed by atoms with E-state index in [1.165, 1.54) is 18.8 Å². The van der Waals surface area contributed by atoms with E-state index in [2.05, 4.69) is 10.3 Å². The van der Waals surface area contributed by atoms with Gasteiger partial charge in [0.2, 0.25) is 5.91 Å². The molecule has 2 rings (SSSR count). The van der Waals surface area contributed by atoms with Crippen molar-refractivity contribution >= 4 is 5.91 Å². The number of carbonyl (C=O) groups is 1. The number of nitrogens with one attached hydrogen (secondary N) is 1. The van der Waals surface area contributed by atoms with Gasteiger partial charge in [-0.3, -0.25) is 9.36 Å². The monoisotopic (exact) mass is 286 g/mol. The number of imidazole rings is 1. The van der Waals surface area contributed by atoms with Gasteiger partial charge in [0.1, 0.15) is 5.82 Å². The van der Waals surface area contributed by atoms with Gasteiger partial charge in [0.25, 0.3) is 0 Å². The molecule has 0 bridgehead atoms. The first-order valence-electron chi connectivity index (χ1n) is 6.97. The van der Waals surface area contributed by atoms with E-state index < -0.39 is 6.55 Å². The minimum atomic E-state index is -2.58. The van der Waals surface area contributed by atoms with Crippen molar-refractivity contribution in [3.05, 3.63) is 18.2 Å². The molecule has 1 aromatic heterocycles. The summed E-state index contributed by atoms with van der Waals surface area (Å²) < 4.78 is 26.0. The van der Waals surface area contributed by atoms with Crippen LogP contribution in [0, 0.1) is 0 Å². The zero-order chi connectivity index (χ0) is 14.4. The fraction of sp³-hybridized carbons (Fsp3) is 0.692. The normalized spacial score (nSPS) is 15.8. The van der Waals surface area contributed by atoms with Crippen LogP contribution >= 0.6 is 0 Å². The third-order valence-corrected chi connectivity index (χ3v) is 3.47. The quantitative estimate of drug-likeness (QED) is 0.811. The Labute approximate surface area is 117 Å². The molecular formula is C13H20F2N4O. The molecule has 1 N–H and O–H groups in total. The second kappa shape index (κ2) is 7.33. The molecule has 112 valence electrons. The topological polar surface area (TPSA) is 50.2 Å². The summed E-state index contributed by atoms with van der Waals surface area (Å²) >= 11 is 0. The van der Waals surface area contributed by atoms with Gasteiger partial charge < -0.3 is 10.2 Å². The first-order valence-corrected chi connectivity index (χ1v) is 6.97. The molecule has 7 heteroatoms. The molecule has 0 saturated carbocycles. The molecule has 1 fully saturated rings. The summed E-state index contributed by atoms with van der Waals surface area (Å²) in [5, 5.41) is 2.99. The maximum atomic E-state index is 12.6. The standard InChI is InChI=1S/C13H20F2N4O/c14-13(15)19-9-6-17-11(19)10-16-5-4-12(20)18-7-2-1-3-8-18/h6,9,13,16H,1-5,7-8,10H2. The Hall–Kier alpha value is -1.50. The van der Waals surface area contributed by atoms with E-state index in [0.29, 0.717) is 13.0 Å². The molecule has 0 radical (unpaired) electrons. The number of hydrogen-bond donors (Lipinski definition) is 1. The molecule has 0 spiro atoms. The fourth-order valence-corrected chi connectivity index (χ4v) is 2.36. The highest BCUT2D eigenvalue weighted by molar-refractivity contribution is 5.76. The molecule has 0 unspecified atom stereocenters. The molecule has 5 nitrogen and oxygen atoms in total. The molecule has 1 aliphatic heterocycles. The van der Waals surface area contributed by atoms with E-state index in [1.807, 2.05) is 4.90 Å². The number of likely N-dealkylation sites (tertiary alicyclic amines) is 1. The number of alkyl halides is 2. The van der Waals surface area contributed by atoms with Gasteiger partial charge in [-0.2, -0.15) is 8.78 Å². The van der Waals surface area contributed by atoms with E-state index in [1.54, 1.807) is 0 Å². The van der Waals surface area contributed by atoms with Crippen molar-refractivity contribution in [1.29, 1.82) is 0 Å². The third kappa shape index (κ3) is 4.00. The number of amides is 1. The minimum absolute atomic E-state index is 0.134. The number of aromatic nitrogens is 2. The van der Waals surface area contributed by atoms with Gasteiger partial charge >= 0.3 is 6.55 Å². The number of piperidine rings is 1. The summed E-state index contributed by atoms with van der Waals surface area (Å²) in [6.07, 6.45) is 6.34. The number of hydrogen-bond acceptors (Lipinski definition) is 3. The van der Waals surface area contributed by atoms with Crippen LogP contribution in [0.3, 0.4) is 0 Å². The van der Waals surface area contributed by atoms with Crippen LogP contribution in [0.1, 0.15) is 38.1 Å². The van der Waals surface area contributed by atoms with Crippen molar-refractivity contribution in [2.75, 3.05) is 19.6 Å². The zero-order valence-electron chi connectivity index (χ0n) is 11.4. The van der Waals surface area contributed by atoms with Crippen LogP contribution in [-0.2, 0) is 11.3 Å².